The Morgan fingerprint density at radius 1 is 1.53 bits per heavy atom. The molecule has 94 valence electrons. The van der Waals surface area contributed by atoms with E-state index in [1.54, 1.807) is 0 Å². The molecule has 17 heavy (non-hydrogen) atoms. The standard InChI is InChI=1S/C14H22N2O/c1-10-8-11-12(15)4-3-5-13(11)16(10)14(2)6-7-17-9-14/h8,12H,3-7,9,15H2,1-2H3. The van der Waals surface area contributed by atoms with Crippen molar-refractivity contribution in [2.75, 3.05) is 13.2 Å². The summed E-state index contributed by atoms with van der Waals surface area (Å²) in [5.74, 6) is 0. The van der Waals surface area contributed by atoms with E-state index in [9.17, 15) is 0 Å². The average molecular weight is 234 g/mol. The lowest BCUT2D eigenvalue weighted by atomic mass is 9.92. The largest absolute Gasteiger partial charge is 0.379 e. The summed E-state index contributed by atoms with van der Waals surface area (Å²) in [6.45, 7) is 6.24. The van der Waals surface area contributed by atoms with Gasteiger partial charge in [-0.25, -0.2) is 0 Å². The third-order valence-corrected chi connectivity index (χ3v) is 4.39. The highest BCUT2D eigenvalue weighted by atomic mass is 16.5. The fourth-order valence-electron chi connectivity index (χ4n) is 3.52. The molecule has 2 N–H and O–H groups in total. The molecule has 0 spiro atoms. The van der Waals surface area contributed by atoms with Crippen molar-refractivity contribution in [3.63, 3.8) is 0 Å². The molecule has 1 saturated heterocycles. The predicted molar refractivity (Wildman–Crippen MR) is 68.1 cm³/mol. The van der Waals surface area contributed by atoms with Crippen molar-refractivity contribution in [2.24, 2.45) is 5.73 Å². The van der Waals surface area contributed by atoms with Gasteiger partial charge in [0.1, 0.15) is 0 Å². The maximum atomic E-state index is 6.23. The second-order valence-corrected chi connectivity index (χ2v) is 5.82. The Morgan fingerprint density at radius 2 is 2.35 bits per heavy atom. The zero-order valence-electron chi connectivity index (χ0n) is 10.8. The molecule has 1 aliphatic carbocycles. The summed E-state index contributed by atoms with van der Waals surface area (Å²) in [6, 6.07) is 2.53. The van der Waals surface area contributed by atoms with Crippen LogP contribution >= 0.6 is 0 Å². The lowest BCUT2D eigenvalue weighted by Gasteiger charge is -2.31. The van der Waals surface area contributed by atoms with Gasteiger partial charge in [0.05, 0.1) is 12.1 Å². The van der Waals surface area contributed by atoms with Crippen LogP contribution in [0.5, 0.6) is 0 Å². The van der Waals surface area contributed by atoms with Crippen LogP contribution in [0, 0.1) is 6.92 Å². The topological polar surface area (TPSA) is 40.2 Å². The zero-order valence-corrected chi connectivity index (χ0v) is 10.8. The minimum Gasteiger partial charge on any atom is -0.379 e. The number of aromatic nitrogens is 1. The lowest BCUT2D eigenvalue weighted by molar-refractivity contribution is 0.159. The summed E-state index contributed by atoms with van der Waals surface area (Å²) < 4.78 is 8.11. The van der Waals surface area contributed by atoms with Gasteiger partial charge in [0.15, 0.2) is 0 Å². The van der Waals surface area contributed by atoms with Crippen molar-refractivity contribution < 1.29 is 4.74 Å². The van der Waals surface area contributed by atoms with Gasteiger partial charge in [-0.3, -0.25) is 0 Å². The van der Waals surface area contributed by atoms with Crippen molar-refractivity contribution in [3.05, 3.63) is 23.0 Å². The van der Waals surface area contributed by atoms with Crippen molar-refractivity contribution in [2.45, 2.75) is 51.1 Å². The van der Waals surface area contributed by atoms with Crippen LogP contribution in [-0.4, -0.2) is 17.8 Å². The summed E-state index contributed by atoms with van der Waals surface area (Å²) >= 11 is 0. The van der Waals surface area contributed by atoms with Crippen molar-refractivity contribution in [1.82, 2.24) is 4.57 Å². The molecule has 0 bridgehead atoms. The van der Waals surface area contributed by atoms with Gasteiger partial charge < -0.3 is 15.0 Å². The first-order valence-corrected chi connectivity index (χ1v) is 6.67. The Labute approximate surface area is 103 Å². The van der Waals surface area contributed by atoms with Crippen LogP contribution in [0.4, 0.5) is 0 Å². The molecular formula is C14H22N2O. The van der Waals surface area contributed by atoms with E-state index in [0.29, 0.717) is 0 Å². The number of nitrogens with zero attached hydrogens (tertiary/aromatic N) is 1. The SMILES string of the molecule is Cc1cc2c(n1C1(C)CCOC1)CCCC2N. The molecule has 1 aromatic rings. The molecule has 1 fully saturated rings. The van der Waals surface area contributed by atoms with E-state index in [0.717, 1.165) is 26.1 Å². The van der Waals surface area contributed by atoms with Gasteiger partial charge in [-0.15, -0.1) is 0 Å². The molecule has 3 rings (SSSR count). The number of hydrogen-bond donors (Lipinski definition) is 1. The molecule has 0 aromatic carbocycles. The second kappa shape index (κ2) is 3.85. The van der Waals surface area contributed by atoms with Crippen LogP contribution in [0.3, 0.4) is 0 Å². The molecule has 2 aliphatic rings. The fourth-order valence-corrected chi connectivity index (χ4v) is 3.52. The summed E-state index contributed by atoms with van der Waals surface area (Å²) in [5.41, 5.74) is 10.6. The minimum absolute atomic E-state index is 0.148. The molecular weight excluding hydrogens is 212 g/mol. The van der Waals surface area contributed by atoms with E-state index in [1.165, 1.54) is 29.8 Å². The molecule has 0 amide bonds. The Hall–Kier alpha value is -0.800. The molecule has 0 saturated carbocycles. The first kappa shape index (κ1) is 11.3. The van der Waals surface area contributed by atoms with Crippen LogP contribution in [-0.2, 0) is 16.7 Å². The first-order chi connectivity index (χ1) is 8.12. The molecule has 2 heterocycles. The number of nitrogens with two attached hydrogens (primary N) is 1. The highest BCUT2D eigenvalue weighted by Gasteiger charge is 2.36. The van der Waals surface area contributed by atoms with Gasteiger partial charge >= 0.3 is 0 Å². The first-order valence-electron chi connectivity index (χ1n) is 6.67. The van der Waals surface area contributed by atoms with E-state index in [1.807, 2.05) is 0 Å². The summed E-state index contributed by atoms with van der Waals surface area (Å²) in [5, 5.41) is 0. The molecule has 1 aromatic heterocycles. The Kier molecular flexibility index (Phi) is 2.56. The van der Waals surface area contributed by atoms with Crippen LogP contribution in [0.1, 0.15) is 49.2 Å². The van der Waals surface area contributed by atoms with Gasteiger partial charge in [0.2, 0.25) is 0 Å². The molecule has 3 heteroatoms. The Balaban J connectivity index is 2.10. The fraction of sp³-hybridized carbons (Fsp3) is 0.714. The van der Waals surface area contributed by atoms with Gasteiger partial charge in [0.25, 0.3) is 0 Å². The number of fused-ring (bicyclic) bond motifs is 1. The molecule has 1 aliphatic heterocycles. The summed E-state index contributed by atoms with van der Waals surface area (Å²) in [7, 11) is 0. The number of ether oxygens (including phenoxy) is 1. The summed E-state index contributed by atoms with van der Waals surface area (Å²) in [6.07, 6.45) is 4.63. The molecule has 2 atom stereocenters. The monoisotopic (exact) mass is 234 g/mol. The smallest absolute Gasteiger partial charge is 0.0700 e. The molecule has 3 nitrogen and oxygen atoms in total. The maximum Gasteiger partial charge on any atom is 0.0700 e. The van der Waals surface area contributed by atoms with Crippen molar-refractivity contribution >= 4 is 0 Å². The molecule has 2 unspecified atom stereocenters. The predicted octanol–water partition coefficient (Wildman–Crippen LogP) is 2.27. The Morgan fingerprint density at radius 3 is 3.06 bits per heavy atom. The quantitative estimate of drug-likeness (QED) is 0.809. The van der Waals surface area contributed by atoms with E-state index >= 15 is 0 Å². The van der Waals surface area contributed by atoms with Crippen LogP contribution in [0.15, 0.2) is 6.07 Å². The maximum absolute atomic E-state index is 6.23. The third-order valence-electron chi connectivity index (χ3n) is 4.39. The van der Waals surface area contributed by atoms with E-state index < -0.39 is 0 Å². The number of rotatable bonds is 1. The third kappa shape index (κ3) is 1.64. The zero-order chi connectivity index (χ0) is 12.0. The number of hydrogen-bond acceptors (Lipinski definition) is 2. The summed E-state index contributed by atoms with van der Waals surface area (Å²) in [4.78, 5) is 0. The van der Waals surface area contributed by atoms with Gasteiger partial charge in [0, 0.05) is 24.0 Å². The lowest BCUT2D eigenvalue weighted by Crippen LogP contribution is -2.33. The van der Waals surface area contributed by atoms with E-state index in [4.69, 9.17) is 10.5 Å². The minimum atomic E-state index is 0.148. The normalized spacial score (nSPS) is 32.8. The van der Waals surface area contributed by atoms with Crippen molar-refractivity contribution in [3.8, 4) is 0 Å². The van der Waals surface area contributed by atoms with E-state index in [2.05, 4.69) is 24.5 Å². The average Bonchev–Trinajstić information content (AvgIpc) is 2.83. The second-order valence-electron chi connectivity index (χ2n) is 5.82. The van der Waals surface area contributed by atoms with Crippen molar-refractivity contribution in [1.29, 1.82) is 0 Å². The van der Waals surface area contributed by atoms with E-state index in [-0.39, 0.29) is 11.6 Å². The van der Waals surface area contributed by atoms with Crippen LogP contribution in [0.2, 0.25) is 0 Å². The van der Waals surface area contributed by atoms with Gasteiger partial charge in [-0.1, -0.05) is 0 Å². The highest BCUT2D eigenvalue weighted by molar-refractivity contribution is 5.34. The Bertz CT molecular complexity index is 430. The van der Waals surface area contributed by atoms with Crippen LogP contribution < -0.4 is 5.73 Å². The van der Waals surface area contributed by atoms with Crippen LogP contribution in [0.25, 0.3) is 0 Å². The van der Waals surface area contributed by atoms with Gasteiger partial charge in [-0.2, -0.15) is 0 Å². The number of aryl methyl sites for hydroxylation is 1. The highest BCUT2D eigenvalue weighted by Crippen LogP contribution is 2.37. The van der Waals surface area contributed by atoms with Gasteiger partial charge in [-0.05, 0) is 51.2 Å². The molecule has 0 radical (unpaired) electrons.